The lowest BCUT2D eigenvalue weighted by atomic mass is 9.95. The van der Waals surface area contributed by atoms with Crippen LogP contribution >= 0.6 is 0 Å². The van der Waals surface area contributed by atoms with Gasteiger partial charge in [-0.25, -0.2) is 4.98 Å². The fourth-order valence-corrected chi connectivity index (χ4v) is 3.25. The molecule has 0 bridgehead atoms. The van der Waals surface area contributed by atoms with E-state index in [4.69, 9.17) is 4.74 Å². The molecule has 1 unspecified atom stereocenters. The fraction of sp³-hybridized carbons (Fsp3) is 0.435. The van der Waals surface area contributed by atoms with E-state index in [1.807, 2.05) is 42.5 Å². The molecule has 1 aromatic carbocycles. The third kappa shape index (κ3) is 5.12. The molecule has 5 nitrogen and oxygen atoms in total. The topological polar surface area (TPSA) is 58.8 Å². The predicted octanol–water partition coefficient (Wildman–Crippen LogP) is 3.69. The van der Waals surface area contributed by atoms with Crippen LogP contribution in [0.2, 0.25) is 0 Å². The first-order chi connectivity index (χ1) is 13.4. The van der Waals surface area contributed by atoms with Crippen LogP contribution < -0.4 is 10.1 Å². The summed E-state index contributed by atoms with van der Waals surface area (Å²) in [7, 11) is 0. The lowest BCUT2D eigenvalue weighted by Crippen LogP contribution is -2.45. The van der Waals surface area contributed by atoms with Crippen molar-refractivity contribution >= 4 is 5.65 Å². The first kappa shape index (κ1) is 20.4. The maximum Gasteiger partial charge on any atom is 0.199 e. The Labute approximate surface area is 167 Å². The molecule has 0 saturated carbocycles. The highest BCUT2D eigenvalue weighted by molar-refractivity contribution is 5.46. The van der Waals surface area contributed by atoms with E-state index >= 15 is 0 Å². The Hall–Kier alpha value is -2.37. The average molecular weight is 382 g/mol. The molecule has 3 aromatic rings. The van der Waals surface area contributed by atoms with Crippen molar-refractivity contribution < 1.29 is 9.84 Å². The Bertz CT molecular complexity index is 903. The maximum atomic E-state index is 10.4. The quantitative estimate of drug-likeness (QED) is 0.593. The standard InChI is InChI=1S/C23H31N3O2/c1-17-18(2)26-21(25-17)11-8-12-22(26)28-16-20(27)15-24-23(3,4)14-13-19-9-6-5-7-10-19/h5-12,20,24,27H,13-16H2,1-4H3. The van der Waals surface area contributed by atoms with Crippen LogP contribution in [0.5, 0.6) is 5.88 Å². The number of rotatable bonds is 9. The molecule has 28 heavy (non-hydrogen) atoms. The zero-order valence-corrected chi connectivity index (χ0v) is 17.3. The van der Waals surface area contributed by atoms with Crippen molar-refractivity contribution in [2.45, 2.75) is 52.2 Å². The van der Waals surface area contributed by atoms with Crippen LogP contribution in [0.15, 0.2) is 48.5 Å². The Morgan fingerprint density at radius 2 is 1.86 bits per heavy atom. The van der Waals surface area contributed by atoms with Crippen molar-refractivity contribution in [3.63, 3.8) is 0 Å². The van der Waals surface area contributed by atoms with Gasteiger partial charge in [0, 0.05) is 17.8 Å². The third-order valence-electron chi connectivity index (χ3n) is 5.20. The van der Waals surface area contributed by atoms with Gasteiger partial charge in [-0.2, -0.15) is 0 Å². The molecule has 0 aliphatic heterocycles. The summed E-state index contributed by atoms with van der Waals surface area (Å²) in [6.45, 7) is 9.07. The largest absolute Gasteiger partial charge is 0.476 e. The number of aryl methyl sites for hydroxylation is 3. The van der Waals surface area contributed by atoms with Gasteiger partial charge >= 0.3 is 0 Å². The van der Waals surface area contributed by atoms with E-state index in [1.54, 1.807) is 0 Å². The van der Waals surface area contributed by atoms with Gasteiger partial charge in [0.15, 0.2) is 5.88 Å². The SMILES string of the molecule is Cc1nc2cccc(OCC(O)CNC(C)(C)CCc3ccccc3)n2c1C. The number of benzene rings is 1. The van der Waals surface area contributed by atoms with Crippen molar-refractivity contribution in [3.8, 4) is 5.88 Å². The fourth-order valence-electron chi connectivity index (χ4n) is 3.25. The molecule has 0 spiro atoms. The highest BCUT2D eigenvalue weighted by Crippen LogP contribution is 2.19. The molecule has 1 atom stereocenters. The number of aliphatic hydroxyl groups excluding tert-OH is 1. The summed E-state index contributed by atoms with van der Waals surface area (Å²) in [6, 6.07) is 16.3. The molecule has 150 valence electrons. The van der Waals surface area contributed by atoms with Crippen molar-refractivity contribution in [1.29, 1.82) is 0 Å². The lowest BCUT2D eigenvalue weighted by molar-refractivity contribution is 0.0952. The number of nitrogens with one attached hydrogen (secondary N) is 1. The third-order valence-corrected chi connectivity index (χ3v) is 5.20. The average Bonchev–Trinajstić information content (AvgIpc) is 2.98. The number of hydrogen-bond acceptors (Lipinski definition) is 4. The Kier molecular flexibility index (Phi) is 6.37. The van der Waals surface area contributed by atoms with Gasteiger partial charge in [0.2, 0.25) is 0 Å². The maximum absolute atomic E-state index is 10.4. The first-order valence-corrected chi connectivity index (χ1v) is 9.90. The summed E-state index contributed by atoms with van der Waals surface area (Å²) in [6.07, 6.45) is 1.42. The number of β-amino-alcohol motifs (C(OH)–C–C–N with tert-alkyl or cyclic N) is 1. The zero-order valence-electron chi connectivity index (χ0n) is 17.3. The van der Waals surface area contributed by atoms with Crippen LogP contribution in [0.1, 0.15) is 37.2 Å². The van der Waals surface area contributed by atoms with E-state index in [2.05, 4.69) is 48.4 Å². The Morgan fingerprint density at radius 3 is 2.61 bits per heavy atom. The van der Waals surface area contributed by atoms with Gasteiger partial charge in [0.25, 0.3) is 0 Å². The number of nitrogens with zero attached hydrogens (tertiary/aromatic N) is 2. The van der Waals surface area contributed by atoms with Gasteiger partial charge < -0.3 is 15.2 Å². The van der Waals surface area contributed by atoms with Gasteiger partial charge in [0.05, 0.1) is 5.69 Å². The second kappa shape index (κ2) is 8.76. The summed E-state index contributed by atoms with van der Waals surface area (Å²) in [5.41, 5.74) is 4.18. The van der Waals surface area contributed by atoms with E-state index in [1.165, 1.54) is 5.56 Å². The van der Waals surface area contributed by atoms with E-state index < -0.39 is 6.10 Å². The second-order valence-electron chi connectivity index (χ2n) is 8.06. The van der Waals surface area contributed by atoms with Crippen molar-refractivity contribution in [2.75, 3.05) is 13.2 Å². The highest BCUT2D eigenvalue weighted by atomic mass is 16.5. The van der Waals surface area contributed by atoms with Gasteiger partial charge in [-0.15, -0.1) is 0 Å². The molecule has 0 amide bonds. The van der Waals surface area contributed by atoms with Gasteiger partial charge in [-0.1, -0.05) is 36.4 Å². The molecule has 0 radical (unpaired) electrons. The Morgan fingerprint density at radius 1 is 1.11 bits per heavy atom. The van der Waals surface area contributed by atoms with E-state index in [9.17, 15) is 5.11 Å². The zero-order chi connectivity index (χ0) is 20.1. The van der Waals surface area contributed by atoms with Gasteiger partial charge in [-0.05, 0) is 58.2 Å². The number of hydrogen-bond donors (Lipinski definition) is 2. The molecule has 0 saturated heterocycles. The molecule has 5 heteroatoms. The molecule has 0 aliphatic rings. The monoisotopic (exact) mass is 381 g/mol. The Balaban J connectivity index is 1.50. The molecule has 2 heterocycles. The lowest BCUT2D eigenvalue weighted by Gasteiger charge is -2.28. The van der Waals surface area contributed by atoms with Gasteiger partial charge in [-0.3, -0.25) is 4.40 Å². The minimum absolute atomic E-state index is 0.0606. The van der Waals surface area contributed by atoms with Crippen LogP contribution in [0.25, 0.3) is 5.65 Å². The van der Waals surface area contributed by atoms with Crippen molar-refractivity contribution in [2.24, 2.45) is 0 Å². The summed E-state index contributed by atoms with van der Waals surface area (Å²) in [5, 5.41) is 13.9. The van der Waals surface area contributed by atoms with Crippen molar-refractivity contribution in [1.82, 2.24) is 14.7 Å². The van der Waals surface area contributed by atoms with Crippen LogP contribution in [0.3, 0.4) is 0 Å². The van der Waals surface area contributed by atoms with Crippen LogP contribution in [-0.4, -0.2) is 39.3 Å². The molecule has 2 N–H and O–H groups in total. The molecular formula is C23H31N3O2. The van der Waals surface area contributed by atoms with Crippen LogP contribution in [0, 0.1) is 13.8 Å². The molecular weight excluding hydrogens is 350 g/mol. The molecule has 0 fully saturated rings. The van der Waals surface area contributed by atoms with E-state index in [-0.39, 0.29) is 12.1 Å². The number of ether oxygens (including phenoxy) is 1. The highest BCUT2D eigenvalue weighted by Gasteiger charge is 2.19. The van der Waals surface area contributed by atoms with Gasteiger partial charge in [0.1, 0.15) is 18.4 Å². The normalized spacial score (nSPS) is 13.0. The first-order valence-electron chi connectivity index (χ1n) is 9.90. The van der Waals surface area contributed by atoms with E-state index in [0.29, 0.717) is 12.4 Å². The number of imidazole rings is 1. The molecule has 3 rings (SSSR count). The molecule has 0 aliphatic carbocycles. The van der Waals surface area contributed by atoms with E-state index in [0.717, 1.165) is 29.9 Å². The second-order valence-corrected chi connectivity index (χ2v) is 8.06. The van der Waals surface area contributed by atoms with Crippen LogP contribution in [-0.2, 0) is 6.42 Å². The number of aliphatic hydroxyl groups is 1. The van der Waals surface area contributed by atoms with Crippen LogP contribution in [0.4, 0.5) is 0 Å². The summed E-state index contributed by atoms with van der Waals surface area (Å²) in [5.74, 6) is 0.706. The summed E-state index contributed by atoms with van der Waals surface area (Å²) < 4.78 is 7.89. The predicted molar refractivity (Wildman–Crippen MR) is 113 cm³/mol. The smallest absolute Gasteiger partial charge is 0.199 e. The number of aromatic nitrogens is 2. The number of fused-ring (bicyclic) bond motifs is 1. The van der Waals surface area contributed by atoms with Crippen molar-refractivity contribution in [3.05, 3.63) is 65.5 Å². The minimum atomic E-state index is -0.587. The summed E-state index contributed by atoms with van der Waals surface area (Å²) >= 11 is 0. The number of pyridine rings is 1. The minimum Gasteiger partial charge on any atom is -0.476 e. The summed E-state index contributed by atoms with van der Waals surface area (Å²) in [4.78, 5) is 4.52. The molecule has 2 aromatic heterocycles.